The summed E-state index contributed by atoms with van der Waals surface area (Å²) in [4.78, 5) is 14.0. The van der Waals surface area contributed by atoms with Crippen molar-refractivity contribution >= 4 is 39.0 Å². The number of benzene rings is 1. The molecule has 0 saturated carbocycles. The molecule has 1 aliphatic heterocycles. The third kappa shape index (κ3) is 4.60. The molecule has 0 spiro atoms. The Kier molecular flexibility index (Phi) is 6.73. The van der Waals surface area contributed by atoms with Gasteiger partial charge in [0.1, 0.15) is 22.0 Å². The molecule has 3 rings (SSSR count). The molecule has 8 nitrogen and oxygen atoms in total. The largest absolute Gasteiger partial charge is 0.465 e. The van der Waals surface area contributed by atoms with E-state index in [0.717, 1.165) is 11.3 Å². The van der Waals surface area contributed by atoms with Crippen LogP contribution in [0.2, 0.25) is 0 Å². The normalized spacial score (nSPS) is 15.1. The van der Waals surface area contributed by atoms with E-state index in [1.165, 1.54) is 23.9 Å². The number of rotatable bonds is 4. The minimum atomic E-state index is -3.93. The maximum Gasteiger partial charge on any atom is 0.342 e. The van der Waals surface area contributed by atoms with Gasteiger partial charge in [-0.1, -0.05) is 6.07 Å². The number of esters is 1. The standard InChI is InChI=1S/C21H27N3O5S2/c1-13-6-7-17(12-14(13)2)22-21(30)23-8-10-24(11-9-23)31(26,27)19-16(4)29-15(3)18(19)20(25)28-5/h6-7,12H,8-11H2,1-5H3,(H,22,30). The van der Waals surface area contributed by atoms with Crippen molar-refractivity contribution in [2.75, 3.05) is 38.6 Å². The number of ether oxygens (including phenoxy) is 1. The second-order valence-corrected chi connectivity index (χ2v) is 9.79. The number of hydrogen-bond donors (Lipinski definition) is 1. The van der Waals surface area contributed by atoms with Crippen LogP contribution in [0, 0.1) is 27.7 Å². The highest BCUT2D eigenvalue weighted by atomic mass is 32.2. The first-order valence-corrected chi connectivity index (χ1v) is 11.7. The SMILES string of the molecule is COC(=O)c1c(C)oc(C)c1S(=O)(=O)N1CCN(C(=S)Nc2ccc(C)c(C)c2)CC1. The number of methoxy groups -OCH3 is 1. The number of piperazine rings is 1. The van der Waals surface area contributed by atoms with E-state index in [4.69, 9.17) is 21.4 Å². The number of anilines is 1. The van der Waals surface area contributed by atoms with Crippen molar-refractivity contribution < 1.29 is 22.4 Å². The lowest BCUT2D eigenvalue weighted by atomic mass is 10.1. The number of nitrogens with zero attached hydrogens (tertiary/aromatic N) is 2. The zero-order valence-corrected chi connectivity index (χ0v) is 19.9. The van der Waals surface area contributed by atoms with E-state index >= 15 is 0 Å². The van der Waals surface area contributed by atoms with Crippen LogP contribution in [-0.2, 0) is 14.8 Å². The highest BCUT2D eigenvalue weighted by Gasteiger charge is 2.37. The van der Waals surface area contributed by atoms with Gasteiger partial charge in [-0.05, 0) is 63.2 Å². The molecule has 1 aliphatic rings. The average Bonchev–Trinajstić information content (AvgIpc) is 3.04. The molecule has 0 unspecified atom stereocenters. The van der Waals surface area contributed by atoms with Gasteiger partial charge in [0, 0.05) is 31.9 Å². The molecule has 2 aromatic rings. The van der Waals surface area contributed by atoms with E-state index in [2.05, 4.69) is 5.32 Å². The first kappa shape index (κ1) is 23.2. The number of sulfonamides is 1. The van der Waals surface area contributed by atoms with E-state index in [1.807, 2.05) is 36.9 Å². The second kappa shape index (κ2) is 8.97. The molecule has 0 amide bonds. The number of carbonyl (C=O) groups is 1. The van der Waals surface area contributed by atoms with Gasteiger partial charge in [0.25, 0.3) is 0 Å². The third-order valence-corrected chi connectivity index (χ3v) is 7.89. The zero-order valence-electron chi connectivity index (χ0n) is 18.3. The maximum atomic E-state index is 13.3. The molecule has 1 saturated heterocycles. The lowest BCUT2D eigenvalue weighted by Crippen LogP contribution is -2.51. The van der Waals surface area contributed by atoms with Gasteiger partial charge in [0.05, 0.1) is 7.11 Å². The van der Waals surface area contributed by atoms with Crippen LogP contribution in [0.15, 0.2) is 27.5 Å². The van der Waals surface area contributed by atoms with Crippen molar-refractivity contribution in [2.24, 2.45) is 0 Å². The summed E-state index contributed by atoms with van der Waals surface area (Å²) >= 11 is 5.52. The fraction of sp³-hybridized carbons (Fsp3) is 0.429. The van der Waals surface area contributed by atoms with Crippen molar-refractivity contribution in [3.63, 3.8) is 0 Å². The molecule has 1 fully saturated rings. The summed E-state index contributed by atoms with van der Waals surface area (Å²) in [6.45, 7) is 8.50. The van der Waals surface area contributed by atoms with Gasteiger partial charge < -0.3 is 19.4 Å². The Balaban J connectivity index is 1.72. The Morgan fingerprint density at radius 1 is 1.06 bits per heavy atom. The number of carbonyl (C=O) groups excluding carboxylic acids is 1. The van der Waals surface area contributed by atoms with Gasteiger partial charge in [0.2, 0.25) is 10.0 Å². The Labute approximate surface area is 188 Å². The second-order valence-electron chi connectivity index (χ2n) is 7.53. The highest BCUT2D eigenvalue weighted by molar-refractivity contribution is 7.89. The molecule has 0 bridgehead atoms. The van der Waals surface area contributed by atoms with Crippen molar-refractivity contribution in [3.05, 3.63) is 46.4 Å². The van der Waals surface area contributed by atoms with Crippen molar-refractivity contribution in [3.8, 4) is 0 Å². The van der Waals surface area contributed by atoms with Crippen LogP contribution in [0.25, 0.3) is 0 Å². The van der Waals surface area contributed by atoms with Crippen LogP contribution < -0.4 is 5.32 Å². The Morgan fingerprint density at radius 3 is 2.29 bits per heavy atom. The summed E-state index contributed by atoms with van der Waals surface area (Å²) in [5, 5.41) is 3.77. The predicted octanol–water partition coefficient (Wildman–Crippen LogP) is 3.00. The van der Waals surface area contributed by atoms with Gasteiger partial charge in [-0.25, -0.2) is 13.2 Å². The van der Waals surface area contributed by atoms with Crippen molar-refractivity contribution in [2.45, 2.75) is 32.6 Å². The van der Waals surface area contributed by atoms with Crippen LogP contribution >= 0.6 is 12.2 Å². The van der Waals surface area contributed by atoms with Crippen LogP contribution in [-0.4, -0.2) is 62.0 Å². The molecular formula is C21H27N3O5S2. The molecular weight excluding hydrogens is 438 g/mol. The molecule has 1 aromatic carbocycles. The monoisotopic (exact) mass is 465 g/mol. The maximum absolute atomic E-state index is 13.3. The molecule has 168 valence electrons. The molecule has 2 heterocycles. The van der Waals surface area contributed by atoms with E-state index < -0.39 is 16.0 Å². The first-order chi connectivity index (χ1) is 14.6. The predicted molar refractivity (Wildman–Crippen MR) is 122 cm³/mol. The van der Waals surface area contributed by atoms with Crippen LogP contribution in [0.1, 0.15) is 33.0 Å². The molecule has 1 N–H and O–H groups in total. The Morgan fingerprint density at radius 2 is 1.71 bits per heavy atom. The Hall–Kier alpha value is -2.43. The van der Waals surface area contributed by atoms with Gasteiger partial charge in [-0.2, -0.15) is 4.31 Å². The van der Waals surface area contributed by atoms with Gasteiger partial charge in [-0.15, -0.1) is 0 Å². The van der Waals surface area contributed by atoms with E-state index in [1.54, 1.807) is 6.92 Å². The summed E-state index contributed by atoms with van der Waals surface area (Å²) in [7, 11) is -2.72. The molecule has 31 heavy (non-hydrogen) atoms. The molecule has 0 atom stereocenters. The first-order valence-electron chi connectivity index (χ1n) is 9.88. The fourth-order valence-corrected chi connectivity index (χ4v) is 5.69. The van der Waals surface area contributed by atoms with E-state index in [-0.39, 0.29) is 35.1 Å². The smallest absolute Gasteiger partial charge is 0.342 e. The fourth-order valence-electron chi connectivity index (χ4n) is 3.59. The van der Waals surface area contributed by atoms with Gasteiger partial charge >= 0.3 is 5.97 Å². The summed E-state index contributed by atoms with van der Waals surface area (Å²) < 4.78 is 38.1. The van der Waals surface area contributed by atoms with Crippen molar-refractivity contribution in [1.82, 2.24) is 9.21 Å². The number of furan rings is 1. The minimum absolute atomic E-state index is 0.0469. The number of nitrogens with one attached hydrogen (secondary N) is 1. The number of hydrogen-bond acceptors (Lipinski definition) is 6. The van der Waals surface area contributed by atoms with Gasteiger partial charge in [-0.3, -0.25) is 0 Å². The zero-order chi connectivity index (χ0) is 22.9. The lowest BCUT2D eigenvalue weighted by Gasteiger charge is -2.35. The van der Waals surface area contributed by atoms with Crippen LogP contribution in [0.3, 0.4) is 0 Å². The summed E-state index contributed by atoms with van der Waals surface area (Å²) in [6, 6.07) is 6.02. The summed E-state index contributed by atoms with van der Waals surface area (Å²) in [5.74, 6) is -0.335. The van der Waals surface area contributed by atoms with Crippen LogP contribution in [0.5, 0.6) is 0 Å². The highest BCUT2D eigenvalue weighted by Crippen LogP contribution is 2.30. The average molecular weight is 466 g/mol. The van der Waals surface area contributed by atoms with Crippen molar-refractivity contribution in [1.29, 1.82) is 0 Å². The van der Waals surface area contributed by atoms with Crippen LogP contribution in [0.4, 0.5) is 5.69 Å². The Bertz CT molecular complexity index is 1120. The van der Waals surface area contributed by atoms with E-state index in [9.17, 15) is 13.2 Å². The van der Waals surface area contributed by atoms with E-state index in [0.29, 0.717) is 18.2 Å². The molecule has 1 aromatic heterocycles. The number of thiocarbonyl (C=S) groups is 1. The quantitative estimate of drug-likeness (QED) is 0.544. The molecule has 0 aliphatic carbocycles. The summed E-state index contributed by atoms with van der Waals surface area (Å²) in [6.07, 6.45) is 0. The molecule has 0 radical (unpaired) electrons. The van der Waals surface area contributed by atoms with Gasteiger partial charge in [0.15, 0.2) is 5.11 Å². The summed E-state index contributed by atoms with van der Waals surface area (Å²) in [5.41, 5.74) is 3.21. The topological polar surface area (TPSA) is 92.1 Å². The molecule has 10 heteroatoms. The third-order valence-electron chi connectivity index (χ3n) is 5.48. The lowest BCUT2D eigenvalue weighted by molar-refractivity contribution is 0.0594. The minimum Gasteiger partial charge on any atom is -0.465 e. The number of aryl methyl sites for hydroxylation is 4.